The predicted octanol–water partition coefficient (Wildman–Crippen LogP) is 2.54. The summed E-state index contributed by atoms with van der Waals surface area (Å²) in [6.07, 6.45) is 0.992. The molecule has 2 amide bonds. The van der Waals surface area contributed by atoms with Crippen molar-refractivity contribution in [2.24, 2.45) is 5.73 Å². The van der Waals surface area contributed by atoms with Gasteiger partial charge in [0.2, 0.25) is 11.8 Å². The van der Waals surface area contributed by atoms with Crippen LogP contribution in [0.15, 0.2) is 35.7 Å². The number of para-hydroxylation sites is 1. The second kappa shape index (κ2) is 8.13. The number of carbonyl (C=O) groups excluding carboxylic acids is 2. The predicted molar refractivity (Wildman–Crippen MR) is 105 cm³/mol. The maximum Gasteiger partial charge on any atom is 0.226 e. The minimum atomic E-state index is -0.445. The molecule has 0 aliphatic carbocycles. The van der Waals surface area contributed by atoms with Gasteiger partial charge in [0.15, 0.2) is 5.13 Å². The summed E-state index contributed by atoms with van der Waals surface area (Å²) in [5.74, 6) is -0.569. The van der Waals surface area contributed by atoms with E-state index in [1.54, 1.807) is 5.38 Å². The first-order valence-corrected chi connectivity index (χ1v) is 9.45. The highest BCUT2D eigenvalue weighted by Gasteiger charge is 2.15. The van der Waals surface area contributed by atoms with E-state index in [-0.39, 0.29) is 12.3 Å². The molecule has 0 atom stereocenters. The average molecular weight is 383 g/mol. The van der Waals surface area contributed by atoms with E-state index in [0.29, 0.717) is 23.7 Å². The number of nitrogens with two attached hydrogens (primary N) is 1. The molecule has 0 radical (unpaired) electrons. The van der Waals surface area contributed by atoms with Crippen molar-refractivity contribution in [1.29, 1.82) is 0 Å². The minimum absolute atomic E-state index is 0.0728. The van der Waals surface area contributed by atoms with Crippen LogP contribution >= 0.6 is 11.3 Å². The van der Waals surface area contributed by atoms with Crippen LogP contribution in [0.1, 0.15) is 29.1 Å². The number of nitrogens with zero attached hydrogens (tertiary/aromatic N) is 3. The van der Waals surface area contributed by atoms with Gasteiger partial charge in [0, 0.05) is 17.5 Å². The molecule has 0 unspecified atom stereocenters. The third-order valence-corrected chi connectivity index (χ3v) is 5.00. The van der Waals surface area contributed by atoms with Gasteiger partial charge in [-0.25, -0.2) is 9.67 Å². The largest absolute Gasteiger partial charge is 0.369 e. The molecule has 2 aromatic heterocycles. The van der Waals surface area contributed by atoms with E-state index in [2.05, 4.69) is 15.4 Å². The number of amides is 2. The molecule has 2 heterocycles. The van der Waals surface area contributed by atoms with Crippen LogP contribution in [-0.2, 0) is 22.4 Å². The molecule has 3 N–H and O–H groups in total. The lowest BCUT2D eigenvalue weighted by Crippen LogP contribution is -2.15. The molecule has 8 heteroatoms. The molecule has 1 aromatic carbocycles. The topological polar surface area (TPSA) is 103 Å². The summed E-state index contributed by atoms with van der Waals surface area (Å²) in [6, 6.07) is 9.91. The maximum atomic E-state index is 12.3. The second-order valence-corrected chi connectivity index (χ2v) is 7.09. The molecule has 3 rings (SSSR count). The van der Waals surface area contributed by atoms with Gasteiger partial charge in [-0.15, -0.1) is 11.3 Å². The molecular formula is C19H21N5O2S. The summed E-state index contributed by atoms with van der Waals surface area (Å²) in [7, 11) is 0. The first kappa shape index (κ1) is 18.8. The normalized spacial score (nSPS) is 10.7. The van der Waals surface area contributed by atoms with E-state index < -0.39 is 5.91 Å². The highest BCUT2D eigenvalue weighted by molar-refractivity contribution is 7.13. The SMILES string of the molecule is Cc1nn(-c2ccccc2)c(C)c1CCC(=O)Nc1nc(CC(N)=O)cs1. The third-order valence-electron chi connectivity index (χ3n) is 4.20. The number of primary amides is 1. The number of carbonyl (C=O) groups is 2. The standard InChI is InChI=1S/C19H21N5O2S/c1-12-16(13(2)24(23-12)15-6-4-3-5-7-15)8-9-18(26)22-19-21-14(11-27-19)10-17(20)25/h3-7,11H,8-10H2,1-2H3,(H2,20,25)(H,21,22,26). The number of benzene rings is 1. The first-order chi connectivity index (χ1) is 12.9. The van der Waals surface area contributed by atoms with Gasteiger partial charge in [-0.2, -0.15) is 5.10 Å². The number of rotatable bonds is 7. The first-order valence-electron chi connectivity index (χ1n) is 8.57. The number of aromatic nitrogens is 3. The lowest BCUT2D eigenvalue weighted by molar-refractivity contribution is -0.117. The molecule has 0 fully saturated rings. The van der Waals surface area contributed by atoms with E-state index in [0.717, 1.165) is 22.6 Å². The van der Waals surface area contributed by atoms with E-state index in [9.17, 15) is 9.59 Å². The zero-order valence-corrected chi connectivity index (χ0v) is 16.0. The Kier molecular flexibility index (Phi) is 5.66. The summed E-state index contributed by atoms with van der Waals surface area (Å²) in [5, 5.41) is 9.57. The van der Waals surface area contributed by atoms with Crippen molar-refractivity contribution in [3.05, 3.63) is 58.4 Å². The van der Waals surface area contributed by atoms with Crippen molar-refractivity contribution in [2.75, 3.05) is 5.32 Å². The van der Waals surface area contributed by atoms with Crippen LogP contribution in [0.2, 0.25) is 0 Å². The van der Waals surface area contributed by atoms with Crippen molar-refractivity contribution < 1.29 is 9.59 Å². The van der Waals surface area contributed by atoms with E-state index in [1.807, 2.05) is 48.9 Å². The molecule has 140 valence electrons. The van der Waals surface area contributed by atoms with Crippen molar-refractivity contribution in [3.8, 4) is 5.69 Å². The fourth-order valence-corrected chi connectivity index (χ4v) is 3.63. The van der Waals surface area contributed by atoms with Crippen LogP contribution < -0.4 is 11.1 Å². The highest BCUT2D eigenvalue weighted by atomic mass is 32.1. The van der Waals surface area contributed by atoms with Gasteiger partial charge in [-0.1, -0.05) is 18.2 Å². The molecule has 7 nitrogen and oxygen atoms in total. The highest BCUT2D eigenvalue weighted by Crippen LogP contribution is 2.20. The van der Waals surface area contributed by atoms with Gasteiger partial charge in [0.25, 0.3) is 0 Å². The Morgan fingerprint density at radius 1 is 1.22 bits per heavy atom. The summed E-state index contributed by atoms with van der Waals surface area (Å²) >= 11 is 1.28. The molecule has 3 aromatic rings. The van der Waals surface area contributed by atoms with Crippen molar-refractivity contribution in [1.82, 2.24) is 14.8 Å². The average Bonchev–Trinajstić information content (AvgIpc) is 3.17. The lowest BCUT2D eigenvalue weighted by Gasteiger charge is -2.05. The molecule has 0 bridgehead atoms. The molecule has 0 aliphatic heterocycles. The molecule has 0 saturated carbocycles. The van der Waals surface area contributed by atoms with Crippen LogP contribution in [-0.4, -0.2) is 26.6 Å². The smallest absolute Gasteiger partial charge is 0.226 e. The van der Waals surface area contributed by atoms with Gasteiger partial charge >= 0.3 is 0 Å². The maximum absolute atomic E-state index is 12.3. The third kappa shape index (κ3) is 4.59. The molecule has 0 saturated heterocycles. The number of hydrogen-bond acceptors (Lipinski definition) is 5. The summed E-state index contributed by atoms with van der Waals surface area (Å²) < 4.78 is 1.90. The Hall–Kier alpha value is -3.00. The summed E-state index contributed by atoms with van der Waals surface area (Å²) in [6.45, 7) is 3.97. The van der Waals surface area contributed by atoms with Gasteiger partial charge in [-0.3, -0.25) is 9.59 Å². The monoisotopic (exact) mass is 383 g/mol. The number of anilines is 1. The molecule has 0 spiro atoms. The molecule has 0 aliphatic rings. The minimum Gasteiger partial charge on any atom is -0.369 e. The van der Waals surface area contributed by atoms with Gasteiger partial charge in [0.05, 0.1) is 23.5 Å². The van der Waals surface area contributed by atoms with Crippen molar-refractivity contribution in [3.63, 3.8) is 0 Å². The summed E-state index contributed by atoms with van der Waals surface area (Å²) in [5.41, 5.74) is 9.74. The number of nitrogens with one attached hydrogen (secondary N) is 1. The van der Waals surface area contributed by atoms with E-state index in [1.165, 1.54) is 11.3 Å². The number of thiazole rings is 1. The van der Waals surface area contributed by atoms with E-state index in [4.69, 9.17) is 5.73 Å². The van der Waals surface area contributed by atoms with Gasteiger partial charge in [-0.05, 0) is 38.0 Å². The molecule has 27 heavy (non-hydrogen) atoms. The Morgan fingerprint density at radius 3 is 2.67 bits per heavy atom. The fraction of sp³-hybridized carbons (Fsp3) is 0.263. The second-order valence-electron chi connectivity index (χ2n) is 6.23. The fourth-order valence-electron chi connectivity index (χ4n) is 2.90. The molecular weight excluding hydrogens is 362 g/mol. The Balaban J connectivity index is 1.63. The van der Waals surface area contributed by atoms with Crippen molar-refractivity contribution >= 4 is 28.3 Å². The van der Waals surface area contributed by atoms with E-state index >= 15 is 0 Å². The lowest BCUT2D eigenvalue weighted by atomic mass is 10.1. The van der Waals surface area contributed by atoms with Crippen LogP contribution in [0.3, 0.4) is 0 Å². The van der Waals surface area contributed by atoms with Gasteiger partial charge in [0.1, 0.15) is 0 Å². The zero-order valence-electron chi connectivity index (χ0n) is 15.2. The van der Waals surface area contributed by atoms with Crippen LogP contribution in [0, 0.1) is 13.8 Å². The van der Waals surface area contributed by atoms with Crippen LogP contribution in [0.25, 0.3) is 5.69 Å². The van der Waals surface area contributed by atoms with Crippen LogP contribution in [0.5, 0.6) is 0 Å². The quantitative estimate of drug-likeness (QED) is 0.654. The van der Waals surface area contributed by atoms with Crippen molar-refractivity contribution in [2.45, 2.75) is 33.1 Å². The number of hydrogen-bond donors (Lipinski definition) is 2. The Bertz CT molecular complexity index is 962. The van der Waals surface area contributed by atoms with Gasteiger partial charge < -0.3 is 11.1 Å². The summed E-state index contributed by atoms with van der Waals surface area (Å²) in [4.78, 5) is 27.4. The van der Waals surface area contributed by atoms with Crippen LogP contribution in [0.4, 0.5) is 5.13 Å². The Morgan fingerprint density at radius 2 is 1.96 bits per heavy atom. The Labute approximate surface area is 161 Å². The number of aryl methyl sites for hydroxylation is 1. The zero-order chi connectivity index (χ0) is 19.4.